The summed E-state index contributed by atoms with van der Waals surface area (Å²) in [6.45, 7) is 4.20. The van der Waals surface area contributed by atoms with E-state index in [1.165, 1.54) is 0 Å². The number of halogens is 1. The number of aromatic amines is 1. The molecule has 23 heavy (non-hydrogen) atoms. The van der Waals surface area contributed by atoms with Crippen LogP contribution in [-0.2, 0) is 16.0 Å². The second-order valence-electron chi connectivity index (χ2n) is 5.39. The monoisotopic (exact) mass is 437 g/mol. The predicted octanol–water partition coefficient (Wildman–Crippen LogP) is 1.62. The Balaban J connectivity index is 0.00000264. The molecule has 1 aromatic rings. The fourth-order valence-corrected chi connectivity index (χ4v) is 2.58. The number of piperidine rings is 1. The third-order valence-corrected chi connectivity index (χ3v) is 3.80. The summed E-state index contributed by atoms with van der Waals surface area (Å²) in [7, 11) is 3.54. The highest BCUT2D eigenvalue weighted by Gasteiger charge is 2.21. The van der Waals surface area contributed by atoms with E-state index in [1.807, 2.05) is 13.1 Å². The number of nitrogens with zero attached hydrogens (tertiary/aromatic N) is 3. The number of H-pyrrole nitrogens is 1. The van der Waals surface area contributed by atoms with Crippen molar-refractivity contribution in [3.05, 3.63) is 18.0 Å². The molecule has 132 valence electrons. The molecule has 0 saturated carbocycles. The van der Waals surface area contributed by atoms with Crippen molar-refractivity contribution >= 4 is 29.9 Å². The van der Waals surface area contributed by atoms with Gasteiger partial charge in [-0.2, -0.15) is 5.10 Å². The summed E-state index contributed by atoms with van der Waals surface area (Å²) in [6.07, 6.45) is 5.16. The molecule has 0 atom stereocenters. The van der Waals surface area contributed by atoms with Crippen LogP contribution in [0.2, 0.25) is 0 Å². The molecule has 0 bridgehead atoms. The van der Waals surface area contributed by atoms with Gasteiger partial charge in [-0.1, -0.05) is 0 Å². The summed E-state index contributed by atoms with van der Waals surface area (Å²) >= 11 is 0. The SMILES string of the molecule is CN=C(NCc1ccn[nH]1)N1CCC(OCCCOC)CC1.I. The highest BCUT2D eigenvalue weighted by molar-refractivity contribution is 14.0. The minimum atomic E-state index is 0. The van der Waals surface area contributed by atoms with Gasteiger partial charge in [0, 0.05) is 46.7 Å². The smallest absolute Gasteiger partial charge is 0.193 e. The first kappa shape index (κ1) is 20.2. The van der Waals surface area contributed by atoms with Gasteiger partial charge in [-0.3, -0.25) is 10.1 Å². The number of guanidine groups is 1. The van der Waals surface area contributed by atoms with Gasteiger partial charge in [-0.25, -0.2) is 0 Å². The molecule has 1 fully saturated rings. The van der Waals surface area contributed by atoms with Crippen LogP contribution in [0.4, 0.5) is 0 Å². The van der Waals surface area contributed by atoms with E-state index < -0.39 is 0 Å². The van der Waals surface area contributed by atoms with Gasteiger partial charge in [-0.05, 0) is 25.3 Å². The normalized spacial score (nSPS) is 16.3. The predicted molar refractivity (Wildman–Crippen MR) is 101 cm³/mol. The number of aliphatic imine (C=N–C) groups is 1. The van der Waals surface area contributed by atoms with Gasteiger partial charge in [0.25, 0.3) is 0 Å². The van der Waals surface area contributed by atoms with Gasteiger partial charge in [0.2, 0.25) is 0 Å². The van der Waals surface area contributed by atoms with Crippen molar-refractivity contribution in [3.63, 3.8) is 0 Å². The lowest BCUT2D eigenvalue weighted by molar-refractivity contribution is 0.00989. The molecule has 0 spiro atoms. The molecule has 0 aromatic carbocycles. The van der Waals surface area contributed by atoms with Crippen molar-refractivity contribution in [3.8, 4) is 0 Å². The van der Waals surface area contributed by atoms with Crippen LogP contribution in [0.1, 0.15) is 25.0 Å². The van der Waals surface area contributed by atoms with Gasteiger partial charge >= 0.3 is 0 Å². The van der Waals surface area contributed by atoms with Crippen molar-refractivity contribution in [2.75, 3.05) is 40.5 Å². The molecule has 2 heterocycles. The zero-order valence-corrected chi connectivity index (χ0v) is 16.3. The fourth-order valence-electron chi connectivity index (χ4n) is 2.58. The Morgan fingerprint density at radius 1 is 1.43 bits per heavy atom. The van der Waals surface area contributed by atoms with Crippen LogP contribution in [0.3, 0.4) is 0 Å². The topological polar surface area (TPSA) is 74.8 Å². The van der Waals surface area contributed by atoms with E-state index in [2.05, 4.69) is 25.4 Å². The zero-order valence-electron chi connectivity index (χ0n) is 14.0. The Kier molecular flexibility index (Phi) is 10.2. The van der Waals surface area contributed by atoms with Crippen LogP contribution in [0, 0.1) is 0 Å². The van der Waals surface area contributed by atoms with Gasteiger partial charge in [-0.15, -0.1) is 24.0 Å². The van der Waals surface area contributed by atoms with Crippen molar-refractivity contribution in [2.45, 2.75) is 31.9 Å². The summed E-state index contributed by atoms with van der Waals surface area (Å²) in [6, 6.07) is 1.96. The highest BCUT2D eigenvalue weighted by atomic mass is 127. The maximum atomic E-state index is 5.89. The first-order chi connectivity index (χ1) is 10.8. The minimum Gasteiger partial charge on any atom is -0.385 e. The molecular weight excluding hydrogens is 409 g/mol. The molecule has 8 heteroatoms. The molecule has 1 aromatic heterocycles. The average Bonchev–Trinajstić information content (AvgIpc) is 3.07. The van der Waals surface area contributed by atoms with Crippen LogP contribution in [0.25, 0.3) is 0 Å². The molecule has 0 amide bonds. The van der Waals surface area contributed by atoms with E-state index in [4.69, 9.17) is 9.47 Å². The average molecular weight is 437 g/mol. The Morgan fingerprint density at radius 3 is 2.83 bits per heavy atom. The molecule has 7 nitrogen and oxygen atoms in total. The minimum absolute atomic E-state index is 0. The van der Waals surface area contributed by atoms with Crippen LogP contribution in [-0.4, -0.2) is 67.6 Å². The van der Waals surface area contributed by atoms with Gasteiger partial charge in [0.05, 0.1) is 18.3 Å². The fraction of sp³-hybridized carbons (Fsp3) is 0.733. The summed E-state index contributed by atoms with van der Waals surface area (Å²) in [5, 5.41) is 10.3. The second kappa shape index (κ2) is 11.6. The van der Waals surface area contributed by atoms with Gasteiger partial charge in [0.15, 0.2) is 5.96 Å². The first-order valence-corrected chi connectivity index (χ1v) is 7.88. The number of nitrogens with one attached hydrogen (secondary N) is 2. The lowest BCUT2D eigenvalue weighted by Crippen LogP contribution is -2.46. The number of hydrogen-bond donors (Lipinski definition) is 2. The molecule has 1 saturated heterocycles. The van der Waals surface area contributed by atoms with E-state index in [1.54, 1.807) is 13.3 Å². The molecule has 0 unspecified atom stereocenters. The Hall–Kier alpha value is -0.870. The lowest BCUT2D eigenvalue weighted by atomic mass is 10.1. The standard InChI is InChI=1S/C15H27N5O2.HI/c1-16-15(17-12-13-4-7-18-19-13)20-8-5-14(6-9-20)22-11-3-10-21-2;/h4,7,14H,3,5-6,8-12H2,1-2H3,(H,16,17)(H,18,19);1H. The van der Waals surface area contributed by atoms with E-state index in [0.29, 0.717) is 12.6 Å². The maximum Gasteiger partial charge on any atom is 0.193 e. The number of aromatic nitrogens is 2. The van der Waals surface area contributed by atoms with Crippen LogP contribution in [0.5, 0.6) is 0 Å². The maximum absolute atomic E-state index is 5.89. The number of likely N-dealkylation sites (tertiary alicyclic amines) is 1. The molecule has 0 radical (unpaired) electrons. The van der Waals surface area contributed by atoms with E-state index in [9.17, 15) is 0 Å². The number of ether oxygens (including phenoxy) is 2. The molecular formula is C15H28IN5O2. The quantitative estimate of drug-likeness (QED) is 0.294. The second-order valence-corrected chi connectivity index (χ2v) is 5.39. The lowest BCUT2D eigenvalue weighted by Gasteiger charge is -2.34. The summed E-state index contributed by atoms with van der Waals surface area (Å²) in [5.74, 6) is 0.937. The molecule has 2 N–H and O–H groups in total. The molecule has 0 aliphatic carbocycles. The van der Waals surface area contributed by atoms with E-state index >= 15 is 0 Å². The third kappa shape index (κ3) is 7.05. The van der Waals surface area contributed by atoms with E-state index in [0.717, 1.165) is 57.2 Å². The molecule has 1 aliphatic heterocycles. The molecule has 1 aliphatic rings. The molecule has 2 rings (SSSR count). The summed E-state index contributed by atoms with van der Waals surface area (Å²) in [5.41, 5.74) is 1.05. The Labute approximate surface area is 155 Å². The van der Waals surface area contributed by atoms with Crippen molar-refractivity contribution < 1.29 is 9.47 Å². The first-order valence-electron chi connectivity index (χ1n) is 7.88. The number of hydrogen-bond acceptors (Lipinski definition) is 4. The summed E-state index contributed by atoms with van der Waals surface area (Å²) < 4.78 is 10.9. The van der Waals surface area contributed by atoms with Crippen LogP contribution >= 0.6 is 24.0 Å². The third-order valence-electron chi connectivity index (χ3n) is 3.80. The van der Waals surface area contributed by atoms with Gasteiger partial charge in [0.1, 0.15) is 0 Å². The highest BCUT2D eigenvalue weighted by Crippen LogP contribution is 2.14. The Bertz CT molecular complexity index is 433. The van der Waals surface area contributed by atoms with Crippen molar-refractivity contribution in [1.29, 1.82) is 0 Å². The van der Waals surface area contributed by atoms with E-state index in [-0.39, 0.29) is 24.0 Å². The largest absolute Gasteiger partial charge is 0.385 e. The van der Waals surface area contributed by atoms with Crippen molar-refractivity contribution in [2.24, 2.45) is 4.99 Å². The Morgan fingerprint density at radius 2 is 2.22 bits per heavy atom. The summed E-state index contributed by atoms with van der Waals surface area (Å²) in [4.78, 5) is 6.65. The van der Waals surface area contributed by atoms with Gasteiger partial charge < -0.3 is 19.7 Å². The number of rotatable bonds is 7. The van der Waals surface area contributed by atoms with Crippen molar-refractivity contribution in [1.82, 2.24) is 20.4 Å². The zero-order chi connectivity index (χ0) is 15.6. The van der Waals surface area contributed by atoms with Crippen LogP contribution < -0.4 is 5.32 Å². The number of methoxy groups -OCH3 is 1. The van der Waals surface area contributed by atoms with Crippen LogP contribution in [0.15, 0.2) is 17.3 Å².